The van der Waals surface area contributed by atoms with Crippen LogP contribution in [0.1, 0.15) is 148 Å². The second kappa shape index (κ2) is 26.0. The Kier molecular flexibility index (Phi) is 25.1. The first kappa shape index (κ1) is 28.9. The molecule has 0 saturated heterocycles. The highest BCUT2D eigenvalue weighted by Crippen LogP contribution is 2.12. The van der Waals surface area contributed by atoms with Crippen LogP contribution in [0.5, 0.6) is 0 Å². The van der Waals surface area contributed by atoms with E-state index in [2.05, 4.69) is 31.2 Å². The van der Waals surface area contributed by atoms with Gasteiger partial charge in [-0.2, -0.15) is 0 Å². The highest BCUT2D eigenvalue weighted by molar-refractivity contribution is 5.66. The summed E-state index contributed by atoms with van der Waals surface area (Å²) in [5, 5.41) is 8.59. The smallest absolute Gasteiger partial charge is 0.303 e. The molecule has 0 saturated carbocycles. The van der Waals surface area contributed by atoms with Crippen LogP contribution in [-0.2, 0) is 4.79 Å². The zero-order valence-corrected chi connectivity index (χ0v) is 20.2. The topological polar surface area (TPSA) is 37.3 Å². The van der Waals surface area contributed by atoms with Gasteiger partial charge in [-0.15, -0.1) is 0 Å². The van der Waals surface area contributed by atoms with E-state index in [4.69, 9.17) is 5.11 Å². The second-order valence-electron chi connectivity index (χ2n) is 8.90. The Hall–Kier alpha value is -1.05. The lowest BCUT2D eigenvalue weighted by Gasteiger charge is -2.01. The summed E-state index contributed by atoms with van der Waals surface area (Å²) in [5.41, 5.74) is 0. The Morgan fingerprint density at radius 1 is 0.500 bits per heavy atom. The van der Waals surface area contributed by atoms with Crippen LogP contribution in [0, 0.1) is 0 Å². The number of hydrogen-bond donors (Lipinski definition) is 1. The van der Waals surface area contributed by atoms with Crippen LogP contribution in [-0.4, -0.2) is 11.1 Å². The first-order chi connectivity index (χ1) is 14.8. The molecule has 0 heterocycles. The standard InChI is InChI=1S/C28H52O2/c1-2-3-4-5-6-7-8-9-10-11-12-13-14-15-16-17-18-19-20-21-22-23-24-25-26-27-28(29)30/h7-8,19-20H,2-6,9-18,21-27H2,1H3,(H,29,30). The van der Waals surface area contributed by atoms with Gasteiger partial charge in [-0.3, -0.25) is 4.79 Å². The minimum absolute atomic E-state index is 0.330. The highest BCUT2D eigenvalue weighted by atomic mass is 16.4. The van der Waals surface area contributed by atoms with E-state index in [0.29, 0.717) is 6.42 Å². The molecule has 0 radical (unpaired) electrons. The summed E-state index contributed by atoms with van der Waals surface area (Å²) in [5.74, 6) is -0.662. The van der Waals surface area contributed by atoms with E-state index in [9.17, 15) is 4.79 Å². The summed E-state index contributed by atoms with van der Waals surface area (Å²) in [6, 6.07) is 0. The molecule has 0 aromatic rings. The van der Waals surface area contributed by atoms with E-state index >= 15 is 0 Å². The van der Waals surface area contributed by atoms with Crippen molar-refractivity contribution in [3.05, 3.63) is 24.3 Å². The highest BCUT2D eigenvalue weighted by Gasteiger charge is 1.96. The molecule has 0 unspecified atom stereocenters. The van der Waals surface area contributed by atoms with Gasteiger partial charge < -0.3 is 5.11 Å². The maximum atomic E-state index is 10.4. The molecule has 0 rings (SSSR count). The minimum atomic E-state index is -0.662. The van der Waals surface area contributed by atoms with Gasteiger partial charge in [0.1, 0.15) is 0 Å². The molecule has 2 heteroatoms. The van der Waals surface area contributed by atoms with Crippen molar-refractivity contribution in [1.82, 2.24) is 0 Å². The molecule has 0 bridgehead atoms. The fourth-order valence-electron chi connectivity index (χ4n) is 3.81. The van der Waals surface area contributed by atoms with Crippen LogP contribution < -0.4 is 0 Å². The summed E-state index contributed by atoms with van der Waals surface area (Å²) in [7, 11) is 0. The van der Waals surface area contributed by atoms with Gasteiger partial charge in [-0.25, -0.2) is 0 Å². The summed E-state index contributed by atoms with van der Waals surface area (Å²) in [4.78, 5) is 10.4. The predicted molar refractivity (Wildman–Crippen MR) is 133 cm³/mol. The lowest BCUT2D eigenvalue weighted by molar-refractivity contribution is -0.137. The molecule has 0 aliphatic heterocycles. The summed E-state index contributed by atoms with van der Waals surface area (Å²) in [6.07, 6.45) is 37.1. The Labute approximate surface area is 188 Å². The molecule has 1 N–H and O–H groups in total. The monoisotopic (exact) mass is 420 g/mol. The molecule has 30 heavy (non-hydrogen) atoms. The molecule has 0 amide bonds. The normalized spacial score (nSPS) is 11.8. The molecular weight excluding hydrogens is 368 g/mol. The molecule has 0 aliphatic rings. The van der Waals surface area contributed by atoms with Crippen molar-refractivity contribution in [1.29, 1.82) is 0 Å². The quantitative estimate of drug-likeness (QED) is 0.125. The zero-order valence-electron chi connectivity index (χ0n) is 20.2. The summed E-state index contributed by atoms with van der Waals surface area (Å²) < 4.78 is 0. The van der Waals surface area contributed by atoms with Crippen LogP contribution in [0.4, 0.5) is 0 Å². The van der Waals surface area contributed by atoms with Gasteiger partial charge in [0.15, 0.2) is 0 Å². The molecular formula is C28H52O2. The summed E-state index contributed by atoms with van der Waals surface area (Å²) >= 11 is 0. The van der Waals surface area contributed by atoms with E-state index in [1.54, 1.807) is 0 Å². The molecule has 176 valence electrons. The fourth-order valence-corrected chi connectivity index (χ4v) is 3.81. The number of carbonyl (C=O) groups is 1. The van der Waals surface area contributed by atoms with Gasteiger partial charge in [0, 0.05) is 6.42 Å². The largest absolute Gasteiger partial charge is 0.481 e. The van der Waals surface area contributed by atoms with Gasteiger partial charge >= 0.3 is 5.97 Å². The number of unbranched alkanes of at least 4 members (excludes halogenated alkanes) is 18. The number of carboxylic acids is 1. The van der Waals surface area contributed by atoms with E-state index in [-0.39, 0.29) is 0 Å². The molecule has 2 nitrogen and oxygen atoms in total. The lowest BCUT2D eigenvalue weighted by atomic mass is 10.1. The SMILES string of the molecule is CCCCCCC=CCCCCCCCCCCC=CCCCCCCCC(=O)O. The third-order valence-corrected chi connectivity index (χ3v) is 5.81. The van der Waals surface area contributed by atoms with Crippen molar-refractivity contribution >= 4 is 5.97 Å². The van der Waals surface area contributed by atoms with Crippen LogP contribution in [0.15, 0.2) is 24.3 Å². The van der Waals surface area contributed by atoms with Gasteiger partial charge in [-0.1, -0.05) is 108 Å². The van der Waals surface area contributed by atoms with Crippen molar-refractivity contribution in [2.75, 3.05) is 0 Å². The molecule has 0 aromatic carbocycles. The van der Waals surface area contributed by atoms with E-state index in [0.717, 1.165) is 12.8 Å². The van der Waals surface area contributed by atoms with Gasteiger partial charge in [0.25, 0.3) is 0 Å². The Bertz CT molecular complexity index is 397. The van der Waals surface area contributed by atoms with E-state index in [1.165, 1.54) is 122 Å². The van der Waals surface area contributed by atoms with Crippen LogP contribution >= 0.6 is 0 Å². The summed E-state index contributed by atoms with van der Waals surface area (Å²) in [6.45, 7) is 2.27. The number of hydrogen-bond acceptors (Lipinski definition) is 1. The van der Waals surface area contributed by atoms with Gasteiger partial charge in [0.05, 0.1) is 0 Å². The minimum Gasteiger partial charge on any atom is -0.481 e. The Balaban J connectivity index is 3.13. The second-order valence-corrected chi connectivity index (χ2v) is 8.90. The van der Waals surface area contributed by atoms with Crippen molar-refractivity contribution in [2.24, 2.45) is 0 Å². The van der Waals surface area contributed by atoms with Crippen LogP contribution in [0.3, 0.4) is 0 Å². The number of rotatable bonds is 24. The van der Waals surface area contributed by atoms with Crippen LogP contribution in [0.25, 0.3) is 0 Å². The molecule has 0 aliphatic carbocycles. The van der Waals surface area contributed by atoms with Crippen molar-refractivity contribution in [2.45, 2.75) is 148 Å². The fraction of sp³-hybridized carbons (Fsp3) is 0.821. The number of allylic oxidation sites excluding steroid dienone is 4. The van der Waals surface area contributed by atoms with Crippen LogP contribution in [0.2, 0.25) is 0 Å². The lowest BCUT2D eigenvalue weighted by Crippen LogP contribution is -1.93. The number of aliphatic carboxylic acids is 1. The Morgan fingerprint density at radius 2 is 0.800 bits per heavy atom. The predicted octanol–water partition coefficient (Wildman–Crippen LogP) is 9.79. The third kappa shape index (κ3) is 27.0. The van der Waals surface area contributed by atoms with Gasteiger partial charge in [0.2, 0.25) is 0 Å². The number of carboxylic acid groups (broad SMARTS) is 1. The molecule has 0 spiro atoms. The maximum Gasteiger partial charge on any atom is 0.303 e. The maximum absolute atomic E-state index is 10.4. The molecule has 0 fully saturated rings. The van der Waals surface area contributed by atoms with Crippen molar-refractivity contribution in [3.63, 3.8) is 0 Å². The average molecular weight is 421 g/mol. The molecule has 0 aromatic heterocycles. The van der Waals surface area contributed by atoms with Gasteiger partial charge in [-0.05, 0) is 57.8 Å². The van der Waals surface area contributed by atoms with Crippen molar-refractivity contribution in [3.8, 4) is 0 Å². The average Bonchev–Trinajstić information content (AvgIpc) is 2.73. The van der Waals surface area contributed by atoms with E-state index in [1.807, 2.05) is 0 Å². The van der Waals surface area contributed by atoms with E-state index < -0.39 is 5.97 Å². The third-order valence-electron chi connectivity index (χ3n) is 5.81. The Morgan fingerprint density at radius 3 is 1.13 bits per heavy atom. The molecule has 0 atom stereocenters. The first-order valence-electron chi connectivity index (χ1n) is 13.3. The zero-order chi connectivity index (χ0) is 22.0. The first-order valence-corrected chi connectivity index (χ1v) is 13.3. The van der Waals surface area contributed by atoms with Crippen molar-refractivity contribution < 1.29 is 9.90 Å².